The largest absolute Gasteiger partial charge is 0.416 e. The second kappa shape index (κ2) is 9.33. The third kappa shape index (κ3) is 4.82. The number of halogens is 3. The fourth-order valence-corrected chi connectivity index (χ4v) is 5.50. The van der Waals surface area contributed by atoms with Crippen molar-refractivity contribution in [3.8, 4) is 0 Å². The highest BCUT2D eigenvalue weighted by Crippen LogP contribution is 2.41. The van der Waals surface area contributed by atoms with Gasteiger partial charge in [0.15, 0.2) is 11.7 Å². The fourth-order valence-electron chi connectivity index (χ4n) is 5.50. The van der Waals surface area contributed by atoms with Gasteiger partial charge < -0.3 is 20.7 Å². The number of nitrogens with one attached hydrogen (secondary N) is 4. The Labute approximate surface area is 209 Å². The topological polar surface area (TPSA) is 97.1 Å². The van der Waals surface area contributed by atoms with E-state index in [0.29, 0.717) is 30.9 Å². The summed E-state index contributed by atoms with van der Waals surface area (Å²) in [6.45, 7) is 4.40. The fraction of sp³-hybridized carbons (Fsp3) is 0.640. The number of nitrogens with zero attached hydrogens (tertiary/aromatic N) is 3. The Morgan fingerprint density at radius 2 is 1.86 bits per heavy atom. The minimum absolute atomic E-state index is 0.0396. The summed E-state index contributed by atoms with van der Waals surface area (Å²) in [5.41, 5.74) is -1.75. The van der Waals surface area contributed by atoms with Gasteiger partial charge in [0.25, 0.3) is 5.66 Å². The highest BCUT2D eigenvalue weighted by atomic mass is 19.4. The zero-order valence-corrected chi connectivity index (χ0v) is 20.7. The molecule has 0 aromatic heterocycles. The average Bonchev–Trinajstić information content (AvgIpc) is 3.44. The van der Waals surface area contributed by atoms with Gasteiger partial charge in [-0.3, -0.25) is 10.3 Å². The van der Waals surface area contributed by atoms with Crippen LogP contribution in [0.25, 0.3) is 0 Å². The maximum atomic E-state index is 13.3. The van der Waals surface area contributed by atoms with Gasteiger partial charge in [-0.2, -0.15) is 13.2 Å². The molecule has 1 spiro atoms. The van der Waals surface area contributed by atoms with E-state index in [-0.39, 0.29) is 23.1 Å². The molecular formula is C25H34F3N7O. The molecule has 0 bridgehead atoms. The van der Waals surface area contributed by atoms with Crippen molar-refractivity contribution in [1.82, 2.24) is 15.5 Å². The number of amidine groups is 2. The number of rotatable bonds is 5. The maximum absolute atomic E-state index is 13.3. The van der Waals surface area contributed by atoms with Crippen molar-refractivity contribution in [2.24, 2.45) is 15.9 Å². The predicted octanol–water partition coefficient (Wildman–Crippen LogP) is 3.81. The smallest absolute Gasteiger partial charge is 0.381 e. The van der Waals surface area contributed by atoms with Gasteiger partial charge in [0.1, 0.15) is 0 Å². The van der Waals surface area contributed by atoms with Crippen LogP contribution in [0.5, 0.6) is 0 Å². The number of aliphatic imine (C=N–C) groups is 2. The van der Waals surface area contributed by atoms with Crippen molar-refractivity contribution in [1.29, 1.82) is 5.41 Å². The summed E-state index contributed by atoms with van der Waals surface area (Å²) in [5, 5.41) is 18.9. The van der Waals surface area contributed by atoms with E-state index in [9.17, 15) is 13.2 Å². The average molecular weight is 506 g/mol. The molecule has 1 aliphatic carbocycles. The van der Waals surface area contributed by atoms with Crippen molar-refractivity contribution in [2.45, 2.75) is 68.9 Å². The van der Waals surface area contributed by atoms with Gasteiger partial charge in [-0.05, 0) is 83.2 Å². The Morgan fingerprint density at radius 1 is 1.14 bits per heavy atom. The van der Waals surface area contributed by atoms with Crippen LogP contribution in [0.15, 0.2) is 34.3 Å². The first-order valence-corrected chi connectivity index (χ1v) is 12.7. The van der Waals surface area contributed by atoms with E-state index in [1.165, 1.54) is 6.07 Å². The summed E-state index contributed by atoms with van der Waals surface area (Å²) in [4.78, 5) is 11.3. The molecule has 11 heteroatoms. The highest BCUT2D eigenvalue weighted by molar-refractivity contribution is 6.30. The summed E-state index contributed by atoms with van der Waals surface area (Å²) in [5.74, 6) is 1.87. The highest BCUT2D eigenvalue weighted by Gasteiger charge is 2.61. The summed E-state index contributed by atoms with van der Waals surface area (Å²) < 4.78 is 45.4. The number of benzene rings is 1. The number of hydrogen-bond donors (Lipinski definition) is 4. The molecule has 8 nitrogen and oxygen atoms in total. The van der Waals surface area contributed by atoms with Crippen LogP contribution in [0.3, 0.4) is 0 Å². The van der Waals surface area contributed by atoms with Crippen molar-refractivity contribution in [3.05, 3.63) is 29.8 Å². The molecule has 5 rings (SSSR count). The normalized spacial score (nSPS) is 29.7. The van der Waals surface area contributed by atoms with Gasteiger partial charge in [0.05, 0.1) is 5.56 Å². The van der Waals surface area contributed by atoms with Gasteiger partial charge in [-0.1, -0.05) is 6.07 Å². The third-order valence-electron chi connectivity index (χ3n) is 7.76. The minimum Gasteiger partial charge on any atom is -0.381 e. The van der Waals surface area contributed by atoms with E-state index in [0.717, 1.165) is 57.2 Å². The molecule has 1 aromatic carbocycles. The lowest BCUT2D eigenvalue weighted by molar-refractivity contribution is -0.137. The Kier molecular flexibility index (Phi) is 6.48. The number of alkyl halides is 3. The Balaban J connectivity index is 1.38. The van der Waals surface area contributed by atoms with Gasteiger partial charge in [0, 0.05) is 30.5 Å². The maximum Gasteiger partial charge on any atom is 0.416 e. The SMILES string of the molecule is CNCC1CCC(N2C(=N)C3(N=C2Nc2cccc(C(F)(F)F)c2)N=C3NC2(C)CCOCC2)CC1. The molecule has 0 radical (unpaired) electrons. The van der Waals surface area contributed by atoms with Gasteiger partial charge in [0.2, 0.25) is 5.96 Å². The lowest BCUT2D eigenvalue weighted by atomic mass is 9.85. The molecule has 1 aromatic rings. The molecule has 36 heavy (non-hydrogen) atoms. The number of ether oxygens (including phenoxy) is 1. The van der Waals surface area contributed by atoms with E-state index >= 15 is 0 Å². The number of guanidine groups is 1. The van der Waals surface area contributed by atoms with Crippen LogP contribution in [-0.2, 0) is 10.9 Å². The predicted molar refractivity (Wildman–Crippen MR) is 133 cm³/mol. The van der Waals surface area contributed by atoms with Crippen LogP contribution >= 0.6 is 0 Å². The molecule has 1 saturated heterocycles. The summed E-state index contributed by atoms with van der Waals surface area (Å²) in [6, 6.07) is 5.13. The Bertz CT molecular complexity index is 1060. The minimum atomic E-state index is -4.44. The lowest BCUT2D eigenvalue weighted by Gasteiger charge is -2.36. The molecule has 3 aliphatic heterocycles. The molecule has 1 atom stereocenters. The zero-order valence-electron chi connectivity index (χ0n) is 20.7. The number of hydrogen-bond acceptors (Lipinski definition) is 7. The first kappa shape index (κ1) is 25.0. The van der Waals surface area contributed by atoms with E-state index in [1.54, 1.807) is 6.07 Å². The first-order valence-electron chi connectivity index (χ1n) is 12.7. The zero-order chi connectivity index (χ0) is 25.6. The van der Waals surface area contributed by atoms with Crippen molar-refractivity contribution in [2.75, 3.05) is 32.1 Å². The molecule has 0 amide bonds. The Hall–Kier alpha value is -2.66. The second-order valence-electron chi connectivity index (χ2n) is 10.5. The number of anilines is 1. The van der Waals surface area contributed by atoms with Gasteiger partial charge in [-0.15, -0.1) is 0 Å². The van der Waals surface area contributed by atoms with Gasteiger partial charge >= 0.3 is 6.18 Å². The lowest BCUT2D eigenvalue weighted by Crippen LogP contribution is -2.53. The molecule has 4 N–H and O–H groups in total. The van der Waals surface area contributed by atoms with Crippen molar-refractivity contribution in [3.63, 3.8) is 0 Å². The van der Waals surface area contributed by atoms with Crippen LogP contribution in [0.4, 0.5) is 18.9 Å². The van der Waals surface area contributed by atoms with Crippen LogP contribution in [0.1, 0.15) is 51.0 Å². The molecule has 1 unspecified atom stereocenters. The van der Waals surface area contributed by atoms with Crippen molar-refractivity contribution >= 4 is 23.3 Å². The van der Waals surface area contributed by atoms with E-state index < -0.39 is 17.4 Å². The van der Waals surface area contributed by atoms with Crippen molar-refractivity contribution < 1.29 is 17.9 Å². The molecule has 1 saturated carbocycles. The monoisotopic (exact) mass is 505 g/mol. The van der Waals surface area contributed by atoms with Crippen LogP contribution in [-0.4, -0.2) is 66.6 Å². The van der Waals surface area contributed by atoms with Crippen LogP contribution < -0.4 is 16.0 Å². The van der Waals surface area contributed by atoms with Crippen LogP contribution in [0, 0.1) is 11.3 Å². The van der Waals surface area contributed by atoms with E-state index in [1.807, 2.05) is 11.9 Å². The third-order valence-corrected chi connectivity index (χ3v) is 7.76. The summed E-state index contributed by atoms with van der Waals surface area (Å²) in [7, 11) is 1.95. The summed E-state index contributed by atoms with van der Waals surface area (Å²) >= 11 is 0. The molecule has 4 aliphatic rings. The molecule has 3 heterocycles. The molecular weight excluding hydrogens is 471 g/mol. The molecule has 2 fully saturated rings. The van der Waals surface area contributed by atoms with Crippen LogP contribution in [0.2, 0.25) is 0 Å². The Morgan fingerprint density at radius 3 is 2.53 bits per heavy atom. The van der Waals surface area contributed by atoms with E-state index in [4.69, 9.17) is 15.1 Å². The quantitative estimate of drug-likeness (QED) is 0.488. The summed E-state index contributed by atoms with van der Waals surface area (Å²) in [6.07, 6.45) is 1.01. The second-order valence-corrected chi connectivity index (χ2v) is 10.5. The first-order chi connectivity index (χ1) is 17.1. The standard InChI is InChI=1S/C25H34F3N7O/c1-23(10-12-36-13-11-23)32-21-24(33-21)20(29)35(19-8-6-16(7-9-19)15-30-2)22(34-24)31-18-5-3-4-17(14-18)25(26,27)28/h3-5,14,16,19,29-30H,6-13,15H2,1-2H3,(H,31,34)(H,32,33). The van der Waals surface area contributed by atoms with Gasteiger partial charge in [-0.25, -0.2) is 9.98 Å². The van der Waals surface area contributed by atoms with E-state index in [2.05, 4.69) is 27.9 Å². The molecule has 196 valence electrons.